The number of hydrogen-bond acceptors (Lipinski definition) is 6. The molecular weight excluding hydrogens is 430 g/mol. The van der Waals surface area contributed by atoms with Gasteiger partial charge in [0.05, 0.1) is 19.9 Å². The lowest BCUT2D eigenvalue weighted by Crippen LogP contribution is -2.32. The molecule has 174 valence electrons. The van der Waals surface area contributed by atoms with Crippen molar-refractivity contribution in [3.63, 3.8) is 0 Å². The van der Waals surface area contributed by atoms with Crippen LogP contribution in [0.2, 0.25) is 0 Å². The number of imidazole rings is 1. The molecule has 1 fully saturated rings. The van der Waals surface area contributed by atoms with Crippen LogP contribution in [0.15, 0.2) is 65.6 Å². The Morgan fingerprint density at radius 2 is 1.82 bits per heavy atom. The largest absolute Gasteiger partial charge is 0.497 e. The number of nitrogens with zero attached hydrogens (tertiary/aromatic N) is 5. The molecule has 1 aliphatic heterocycles. The molecule has 0 aliphatic carbocycles. The first-order valence-electron chi connectivity index (χ1n) is 11.6. The molecule has 0 saturated carbocycles. The lowest BCUT2D eigenvalue weighted by molar-refractivity contribution is 0.0965. The maximum Gasteiger partial charge on any atom is 0.293 e. The Balaban J connectivity index is 1.56. The second kappa shape index (κ2) is 9.51. The Hall–Kier alpha value is -3.94. The van der Waals surface area contributed by atoms with E-state index in [0.717, 1.165) is 37.4 Å². The Labute approximate surface area is 197 Å². The number of benzene rings is 2. The van der Waals surface area contributed by atoms with Gasteiger partial charge in [0.2, 0.25) is 5.95 Å². The number of ketones is 1. The van der Waals surface area contributed by atoms with Crippen molar-refractivity contribution in [2.45, 2.75) is 32.4 Å². The Kier molecular flexibility index (Phi) is 6.12. The molecule has 8 nitrogen and oxygen atoms in total. The van der Waals surface area contributed by atoms with Crippen molar-refractivity contribution in [3.8, 4) is 5.75 Å². The van der Waals surface area contributed by atoms with E-state index in [4.69, 9.17) is 9.72 Å². The zero-order valence-electron chi connectivity index (χ0n) is 19.2. The van der Waals surface area contributed by atoms with Crippen molar-refractivity contribution >= 4 is 22.8 Å². The third-order valence-corrected chi connectivity index (χ3v) is 6.24. The number of aromatic nitrogens is 4. The van der Waals surface area contributed by atoms with Crippen molar-refractivity contribution in [3.05, 3.63) is 82.3 Å². The molecule has 0 radical (unpaired) electrons. The highest BCUT2D eigenvalue weighted by atomic mass is 16.5. The number of fused-ring (bicyclic) bond motifs is 1. The number of Topliss-reactive ketones (excluding diaryl/α,β-unsaturated/α-hetero) is 1. The quantitative estimate of drug-likeness (QED) is 0.395. The first-order chi connectivity index (χ1) is 16.6. The van der Waals surface area contributed by atoms with Gasteiger partial charge < -0.3 is 14.2 Å². The predicted octanol–water partition coefficient (Wildman–Crippen LogP) is 3.52. The third kappa shape index (κ3) is 4.31. The van der Waals surface area contributed by atoms with Gasteiger partial charge in [-0.15, -0.1) is 0 Å². The van der Waals surface area contributed by atoms with Gasteiger partial charge in [-0.1, -0.05) is 42.5 Å². The zero-order chi connectivity index (χ0) is 23.5. The summed E-state index contributed by atoms with van der Waals surface area (Å²) in [4.78, 5) is 33.5. The maximum atomic E-state index is 13.6. The second-order valence-corrected chi connectivity index (χ2v) is 8.53. The van der Waals surface area contributed by atoms with Crippen LogP contribution < -0.4 is 15.2 Å². The number of hydrogen-bond donors (Lipinski definition) is 0. The maximum absolute atomic E-state index is 13.6. The number of ether oxygens (including phenoxy) is 1. The highest BCUT2D eigenvalue weighted by molar-refractivity contribution is 5.96. The summed E-state index contributed by atoms with van der Waals surface area (Å²) in [5, 5.41) is 4.28. The number of carbonyl (C=O) groups is 1. The summed E-state index contributed by atoms with van der Waals surface area (Å²) in [6.45, 7) is 2.19. The molecule has 1 aliphatic rings. The molecule has 3 heterocycles. The molecule has 2 aromatic heterocycles. The molecule has 4 aromatic rings. The average molecular weight is 458 g/mol. The Morgan fingerprint density at radius 3 is 2.59 bits per heavy atom. The molecule has 2 aromatic carbocycles. The van der Waals surface area contributed by atoms with Crippen molar-refractivity contribution in [1.82, 2.24) is 19.3 Å². The fourth-order valence-electron chi connectivity index (χ4n) is 4.46. The molecule has 5 rings (SSSR count). The molecule has 1 saturated heterocycles. The summed E-state index contributed by atoms with van der Waals surface area (Å²) >= 11 is 0. The van der Waals surface area contributed by atoms with E-state index in [1.54, 1.807) is 37.6 Å². The van der Waals surface area contributed by atoms with E-state index >= 15 is 0 Å². The van der Waals surface area contributed by atoms with Crippen molar-refractivity contribution in [2.24, 2.45) is 0 Å². The fourth-order valence-corrected chi connectivity index (χ4v) is 4.46. The molecule has 8 heteroatoms. The topological polar surface area (TPSA) is 82.2 Å². The summed E-state index contributed by atoms with van der Waals surface area (Å²) in [6.07, 6.45) is 5.00. The standard InChI is InChI=1S/C26H27N5O3/c1-34-21-12-8-11-20(15-21)23(32)18-31-25(33)24-22(16-27-31)28-26(29-13-6-3-7-14-29)30(24)17-19-9-4-2-5-10-19/h2,4-5,8-12,15-16H,3,6-7,13-14,17-18H2,1H3. The highest BCUT2D eigenvalue weighted by Gasteiger charge is 2.23. The van der Waals surface area contributed by atoms with Crippen LogP contribution in [0.25, 0.3) is 11.0 Å². The monoisotopic (exact) mass is 457 g/mol. The molecular formula is C26H27N5O3. The smallest absolute Gasteiger partial charge is 0.293 e. The van der Waals surface area contributed by atoms with Crippen LogP contribution in [-0.4, -0.2) is 45.3 Å². The van der Waals surface area contributed by atoms with Gasteiger partial charge in [-0.25, -0.2) is 9.67 Å². The second-order valence-electron chi connectivity index (χ2n) is 8.53. The van der Waals surface area contributed by atoms with Crippen molar-refractivity contribution in [1.29, 1.82) is 0 Å². The van der Waals surface area contributed by atoms with Gasteiger partial charge in [0.1, 0.15) is 23.3 Å². The molecule has 0 amide bonds. The lowest BCUT2D eigenvalue weighted by atomic mass is 10.1. The molecule has 34 heavy (non-hydrogen) atoms. The summed E-state index contributed by atoms with van der Waals surface area (Å²) in [5.74, 6) is 1.17. The zero-order valence-corrected chi connectivity index (χ0v) is 19.2. The van der Waals surface area contributed by atoms with Crippen molar-refractivity contribution < 1.29 is 9.53 Å². The minimum atomic E-state index is -0.319. The number of piperidine rings is 1. The molecule has 0 spiro atoms. The minimum absolute atomic E-state index is 0.155. The van der Waals surface area contributed by atoms with E-state index in [2.05, 4.69) is 10.00 Å². The van der Waals surface area contributed by atoms with Gasteiger partial charge in [0.25, 0.3) is 5.56 Å². The Morgan fingerprint density at radius 1 is 1.03 bits per heavy atom. The van der Waals surface area contributed by atoms with E-state index in [9.17, 15) is 9.59 Å². The summed E-state index contributed by atoms with van der Waals surface area (Å²) in [5.41, 5.74) is 2.25. The van der Waals surface area contributed by atoms with E-state index in [0.29, 0.717) is 28.9 Å². The number of rotatable bonds is 7. The summed E-state index contributed by atoms with van der Waals surface area (Å²) in [6, 6.07) is 16.9. The van der Waals surface area contributed by atoms with Gasteiger partial charge in [-0.05, 0) is 37.0 Å². The third-order valence-electron chi connectivity index (χ3n) is 6.24. The normalized spacial score (nSPS) is 13.9. The predicted molar refractivity (Wildman–Crippen MR) is 131 cm³/mol. The van der Waals surface area contributed by atoms with Gasteiger partial charge in [0.15, 0.2) is 5.78 Å². The summed E-state index contributed by atoms with van der Waals surface area (Å²) < 4.78 is 8.42. The van der Waals surface area contributed by atoms with Gasteiger partial charge >= 0.3 is 0 Å². The van der Waals surface area contributed by atoms with Gasteiger partial charge in [0, 0.05) is 18.7 Å². The van der Waals surface area contributed by atoms with E-state index in [1.165, 1.54) is 11.1 Å². The average Bonchev–Trinajstić information content (AvgIpc) is 3.25. The van der Waals surface area contributed by atoms with Crippen LogP contribution in [0, 0.1) is 0 Å². The van der Waals surface area contributed by atoms with E-state index < -0.39 is 0 Å². The van der Waals surface area contributed by atoms with Gasteiger partial charge in [-0.3, -0.25) is 9.59 Å². The van der Waals surface area contributed by atoms with Gasteiger partial charge in [-0.2, -0.15) is 5.10 Å². The Bertz CT molecular complexity index is 1370. The molecule has 0 bridgehead atoms. The van der Waals surface area contributed by atoms with Crippen LogP contribution >= 0.6 is 0 Å². The molecule has 0 N–H and O–H groups in total. The van der Waals surface area contributed by atoms with Crippen molar-refractivity contribution in [2.75, 3.05) is 25.1 Å². The number of anilines is 1. The van der Waals surface area contributed by atoms with Crippen LogP contribution in [0.4, 0.5) is 5.95 Å². The summed E-state index contributed by atoms with van der Waals surface area (Å²) in [7, 11) is 1.55. The first-order valence-corrected chi connectivity index (χ1v) is 11.6. The van der Waals surface area contributed by atoms with Crippen LogP contribution in [0.5, 0.6) is 5.75 Å². The SMILES string of the molecule is COc1cccc(C(=O)Cn2ncc3nc(N4CCCCC4)n(Cc4ccccc4)c3c2=O)c1. The van der Waals surface area contributed by atoms with E-state index in [-0.39, 0.29) is 17.9 Å². The minimum Gasteiger partial charge on any atom is -0.497 e. The highest BCUT2D eigenvalue weighted by Crippen LogP contribution is 2.24. The number of methoxy groups -OCH3 is 1. The van der Waals surface area contributed by atoms with E-state index in [1.807, 2.05) is 34.9 Å². The lowest BCUT2D eigenvalue weighted by Gasteiger charge is -2.28. The van der Waals surface area contributed by atoms with Crippen LogP contribution in [0.1, 0.15) is 35.2 Å². The van der Waals surface area contributed by atoms with Crippen LogP contribution in [0.3, 0.4) is 0 Å². The molecule has 0 atom stereocenters. The fraction of sp³-hybridized carbons (Fsp3) is 0.308. The number of carbonyl (C=O) groups excluding carboxylic acids is 1. The molecule has 0 unspecified atom stereocenters. The first kappa shape index (κ1) is 21.9. The van der Waals surface area contributed by atoms with Crippen LogP contribution in [-0.2, 0) is 13.1 Å².